The van der Waals surface area contributed by atoms with Crippen molar-refractivity contribution < 1.29 is 9.47 Å². The van der Waals surface area contributed by atoms with Crippen molar-refractivity contribution in [3.63, 3.8) is 0 Å². The summed E-state index contributed by atoms with van der Waals surface area (Å²) in [4.78, 5) is 0. The fourth-order valence-corrected chi connectivity index (χ4v) is 3.19. The molecular formula is C21H24N4O2S. The smallest absolute Gasteiger partial charge is 0.216 e. The molecule has 0 bridgehead atoms. The fraction of sp³-hybridized carbons (Fsp3) is 0.286. The number of aryl methyl sites for hydroxylation is 3. The Morgan fingerprint density at radius 3 is 2.57 bits per heavy atom. The summed E-state index contributed by atoms with van der Waals surface area (Å²) >= 11 is 5.21. The minimum absolute atomic E-state index is 0.466. The molecule has 146 valence electrons. The van der Waals surface area contributed by atoms with E-state index in [0.717, 1.165) is 23.4 Å². The maximum atomic E-state index is 5.98. The van der Waals surface area contributed by atoms with Gasteiger partial charge in [-0.2, -0.15) is 14.9 Å². The second kappa shape index (κ2) is 8.84. The predicted octanol–water partition coefficient (Wildman–Crippen LogP) is 4.59. The predicted molar refractivity (Wildman–Crippen MR) is 113 cm³/mol. The summed E-state index contributed by atoms with van der Waals surface area (Å²) < 4.78 is 13.6. The van der Waals surface area contributed by atoms with Crippen LogP contribution in [0.25, 0.3) is 0 Å². The number of hydrogen-bond donors (Lipinski definition) is 1. The Hall–Kier alpha value is -2.93. The molecular weight excluding hydrogens is 372 g/mol. The van der Waals surface area contributed by atoms with Gasteiger partial charge in [0.25, 0.3) is 0 Å². The molecule has 1 aromatic heterocycles. The van der Waals surface area contributed by atoms with Crippen molar-refractivity contribution >= 4 is 18.4 Å². The van der Waals surface area contributed by atoms with Gasteiger partial charge in [-0.1, -0.05) is 36.2 Å². The highest BCUT2D eigenvalue weighted by molar-refractivity contribution is 7.71. The van der Waals surface area contributed by atoms with Crippen LogP contribution in [0.2, 0.25) is 0 Å². The molecule has 0 aliphatic rings. The van der Waals surface area contributed by atoms with Gasteiger partial charge in [-0.05, 0) is 55.4 Å². The molecule has 0 fully saturated rings. The van der Waals surface area contributed by atoms with E-state index < -0.39 is 0 Å². The van der Waals surface area contributed by atoms with E-state index in [4.69, 9.17) is 21.7 Å². The van der Waals surface area contributed by atoms with Crippen LogP contribution in [0.5, 0.6) is 11.5 Å². The Morgan fingerprint density at radius 1 is 1.14 bits per heavy atom. The summed E-state index contributed by atoms with van der Waals surface area (Å²) in [5.41, 5.74) is 4.45. The molecule has 7 heteroatoms. The molecule has 0 aliphatic heterocycles. The maximum Gasteiger partial charge on any atom is 0.216 e. The Balaban J connectivity index is 1.77. The van der Waals surface area contributed by atoms with Gasteiger partial charge in [0.15, 0.2) is 17.3 Å². The molecule has 0 spiro atoms. The van der Waals surface area contributed by atoms with Crippen LogP contribution in [0.15, 0.2) is 41.5 Å². The quantitative estimate of drug-likeness (QED) is 0.469. The maximum absolute atomic E-state index is 5.98. The standard InChI is InChI=1S/C21H24N4O2S/c1-5-20-23-24-21(28)25(20)22-12-16-6-7-18(19(11-16)26-4)27-13-17-9-14(2)8-15(3)10-17/h6-12H,5,13H2,1-4H3,(H,24,28)/b22-12-. The number of rotatable bonds is 7. The normalized spacial score (nSPS) is 11.1. The highest BCUT2D eigenvalue weighted by Gasteiger charge is 2.07. The van der Waals surface area contributed by atoms with Gasteiger partial charge in [0.2, 0.25) is 4.77 Å². The number of nitrogens with one attached hydrogen (secondary N) is 1. The van der Waals surface area contributed by atoms with Gasteiger partial charge in [0.05, 0.1) is 13.3 Å². The Labute approximate surface area is 169 Å². The number of hydrogen-bond acceptors (Lipinski definition) is 5. The van der Waals surface area contributed by atoms with Gasteiger partial charge in [0.1, 0.15) is 6.61 Å². The van der Waals surface area contributed by atoms with Crippen LogP contribution in [0, 0.1) is 18.6 Å². The van der Waals surface area contributed by atoms with Gasteiger partial charge in [-0.3, -0.25) is 5.10 Å². The van der Waals surface area contributed by atoms with E-state index in [2.05, 4.69) is 47.3 Å². The van der Waals surface area contributed by atoms with Crippen LogP contribution < -0.4 is 9.47 Å². The third kappa shape index (κ3) is 4.67. The number of ether oxygens (including phenoxy) is 2. The number of H-pyrrole nitrogens is 1. The average Bonchev–Trinajstić information content (AvgIpc) is 3.03. The van der Waals surface area contributed by atoms with Crippen LogP contribution in [0.3, 0.4) is 0 Å². The van der Waals surface area contributed by atoms with E-state index >= 15 is 0 Å². The van der Waals surface area contributed by atoms with Crippen molar-refractivity contribution in [1.29, 1.82) is 0 Å². The highest BCUT2D eigenvalue weighted by atomic mass is 32.1. The van der Waals surface area contributed by atoms with Crippen LogP contribution in [0.4, 0.5) is 0 Å². The molecule has 3 rings (SSSR count). The van der Waals surface area contributed by atoms with Gasteiger partial charge in [-0.15, -0.1) is 0 Å². The molecule has 6 nitrogen and oxygen atoms in total. The molecule has 28 heavy (non-hydrogen) atoms. The Kier molecular flexibility index (Phi) is 6.26. The summed E-state index contributed by atoms with van der Waals surface area (Å²) in [6, 6.07) is 12.1. The average molecular weight is 397 g/mol. The van der Waals surface area contributed by atoms with Crippen LogP contribution in [0.1, 0.15) is 35.0 Å². The minimum Gasteiger partial charge on any atom is -0.493 e. The summed E-state index contributed by atoms with van der Waals surface area (Å²) in [6.45, 7) is 6.65. The topological polar surface area (TPSA) is 64.4 Å². The lowest BCUT2D eigenvalue weighted by atomic mass is 10.1. The molecule has 0 aliphatic carbocycles. The zero-order chi connectivity index (χ0) is 20.1. The van der Waals surface area contributed by atoms with Crippen LogP contribution in [-0.2, 0) is 13.0 Å². The van der Waals surface area contributed by atoms with E-state index in [1.807, 2.05) is 25.1 Å². The van der Waals surface area contributed by atoms with Crippen LogP contribution in [-0.4, -0.2) is 28.2 Å². The fourth-order valence-electron chi connectivity index (χ4n) is 2.99. The minimum atomic E-state index is 0.466. The summed E-state index contributed by atoms with van der Waals surface area (Å²) in [5.74, 6) is 2.12. The molecule has 0 saturated heterocycles. The van der Waals surface area contributed by atoms with Crippen molar-refractivity contribution in [1.82, 2.24) is 14.9 Å². The van der Waals surface area contributed by atoms with Crippen LogP contribution >= 0.6 is 12.2 Å². The first-order chi connectivity index (χ1) is 13.5. The highest BCUT2D eigenvalue weighted by Crippen LogP contribution is 2.28. The van der Waals surface area contributed by atoms with E-state index in [1.54, 1.807) is 18.0 Å². The number of nitrogens with zero attached hydrogens (tertiary/aromatic N) is 3. The first kappa shape index (κ1) is 19.8. The zero-order valence-electron chi connectivity index (χ0n) is 16.5. The number of aromatic amines is 1. The lowest BCUT2D eigenvalue weighted by molar-refractivity contribution is 0.284. The molecule has 0 radical (unpaired) electrons. The van der Waals surface area contributed by atoms with Gasteiger partial charge < -0.3 is 9.47 Å². The van der Waals surface area contributed by atoms with Crippen molar-refractivity contribution in [3.8, 4) is 11.5 Å². The van der Waals surface area contributed by atoms with E-state index in [9.17, 15) is 0 Å². The largest absolute Gasteiger partial charge is 0.493 e. The second-order valence-corrected chi connectivity index (χ2v) is 6.94. The van der Waals surface area contributed by atoms with Gasteiger partial charge in [-0.25, -0.2) is 0 Å². The molecule has 1 N–H and O–H groups in total. The van der Waals surface area contributed by atoms with Crippen molar-refractivity contribution in [2.45, 2.75) is 33.8 Å². The number of aromatic nitrogens is 3. The molecule has 2 aromatic carbocycles. The molecule has 0 saturated carbocycles. The third-order valence-corrected chi connectivity index (χ3v) is 4.48. The van der Waals surface area contributed by atoms with Crippen molar-refractivity contribution in [2.75, 3.05) is 7.11 Å². The van der Waals surface area contributed by atoms with E-state index in [-0.39, 0.29) is 0 Å². The molecule has 1 heterocycles. The molecule has 0 amide bonds. The van der Waals surface area contributed by atoms with E-state index in [0.29, 0.717) is 22.9 Å². The first-order valence-electron chi connectivity index (χ1n) is 9.08. The summed E-state index contributed by atoms with van der Waals surface area (Å²) in [5, 5.41) is 11.3. The summed E-state index contributed by atoms with van der Waals surface area (Å²) in [7, 11) is 1.63. The van der Waals surface area contributed by atoms with Gasteiger partial charge >= 0.3 is 0 Å². The second-order valence-electron chi connectivity index (χ2n) is 6.55. The lowest BCUT2D eigenvalue weighted by Gasteiger charge is -2.12. The monoisotopic (exact) mass is 396 g/mol. The van der Waals surface area contributed by atoms with Crippen molar-refractivity contribution in [2.24, 2.45) is 5.10 Å². The Bertz CT molecular complexity index is 1030. The molecule has 0 atom stereocenters. The molecule has 3 aromatic rings. The Morgan fingerprint density at radius 2 is 1.89 bits per heavy atom. The number of benzene rings is 2. The van der Waals surface area contributed by atoms with E-state index in [1.165, 1.54) is 11.1 Å². The number of methoxy groups -OCH3 is 1. The zero-order valence-corrected chi connectivity index (χ0v) is 17.3. The van der Waals surface area contributed by atoms with Crippen molar-refractivity contribution in [3.05, 3.63) is 69.2 Å². The summed E-state index contributed by atoms with van der Waals surface area (Å²) in [6.07, 6.45) is 2.46. The SMILES string of the molecule is CCc1n[nH]c(=S)n1/N=C\c1ccc(OCc2cc(C)cc(C)c2)c(OC)c1. The first-order valence-corrected chi connectivity index (χ1v) is 9.49. The molecule has 0 unspecified atom stereocenters. The lowest BCUT2D eigenvalue weighted by Crippen LogP contribution is -2.00. The third-order valence-electron chi connectivity index (χ3n) is 4.22. The van der Waals surface area contributed by atoms with Gasteiger partial charge in [0, 0.05) is 6.42 Å².